The van der Waals surface area contributed by atoms with E-state index in [0.717, 1.165) is 22.3 Å². The van der Waals surface area contributed by atoms with E-state index in [1.54, 1.807) is 0 Å². The zero-order valence-corrected chi connectivity index (χ0v) is 22.1. The summed E-state index contributed by atoms with van der Waals surface area (Å²) in [6.45, 7) is 8.48. The first-order valence-corrected chi connectivity index (χ1v) is 13.1. The maximum absolute atomic E-state index is 5.96. The van der Waals surface area contributed by atoms with E-state index >= 15 is 0 Å². The zero-order chi connectivity index (χ0) is 26.0. The minimum absolute atomic E-state index is 0.965. The molecule has 0 amide bonds. The van der Waals surface area contributed by atoms with Crippen molar-refractivity contribution in [3.8, 4) is 0 Å². The highest BCUT2D eigenvalue weighted by Crippen LogP contribution is 2.35. The quantitative estimate of drug-likeness (QED) is 0.210. The summed E-state index contributed by atoms with van der Waals surface area (Å²) in [6.07, 6.45) is 0. The molecule has 0 unspecified atom stereocenters. The van der Waals surface area contributed by atoms with Crippen molar-refractivity contribution in [2.45, 2.75) is 27.7 Å². The first-order valence-electron chi connectivity index (χ1n) is 13.1. The van der Waals surface area contributed by atoms with Gasteiger partial charge in [0.15, 0.2) is 0 Å². The largest absolute Gasteiger partial charge is 0.456 e. The fourth-order valence-electron chi connectivity index (χ4n) is 5.58. The number of hydrogen-bond acceptors (Lipinski definition) is 2. The van der Waals surface area contributed by atoms with Crippen LogP contribution in [0.5, 0.6) is 0 Å². The molecule has 0 aliphatic rings. The molecule has 184 valence electrons. The second kappa shape index (κ2) is 8.49. The lowest BCUT2D eigenvalue weighted by Gasteiger charge is -2.01. The normalized spacial score (nSPS) is 11.7. The molecule has 0 aliphatic heterocycles. The number of furan rings is 2. The fourth-order valence-corrected chi connectivity index (χ4v) is 5.58. The summed E-state index contributed by atoms with van der Waals surface area (Å²) in [5.41, 5.74) is 8.96. The highest BCUT2D eigenvalue weighted by atomic mass is 16.3. The summed E-state index contributed by atoms with van der Waals surface area (Å²) in [5, 5.41) is 9.91. The van der Waals surface area contributed by atoms with Crippen molar-refractivity contribution in [2.24, 2.45) is 0 Å². The number of aryl methyl sites for hydroxylation is 4. The van der Waals surface area contributed by atoms with Crippen LogP contribution in [0.4, 0.5) is 0 Å². The van der Waals surface area contributed by atoms with Gasteiger partial charge in [-0.25, -0.2) is 0 Å². The second-order valence-corrected chi connectivity index (χ2v) is 10.6. The van der Waals surface area contributed by atoms with Crippen molar-refractivity contribution in [3.63, 3.8) is 0 Å². The molecule has 2 aromatic heterocycles. The molecule has 0 saturated heterocycles. The van der Waals surface area contributed by atoms with Crippen LogP contribution in [0.2, 0.25) is 0 Å². The Morgan fingerprint density at radius 3 is 1.61 bits per heavy atom. The predicted octanol–water partition coefficient (Wildman–Crippen LogP) is 10.7. The molecule has 6 aromatic carbocycles. The average molecular weight is 493 g/mol. The van der Waals surface area contributed by atoms with E-state index in [2.05, 4.69) is 125 Å². The zero-order valence-electron chi connectivity index (χ0n) is 22.1. The number of benzene rings is 6. The maximum atomic E-state index is 5.96. The molecule has 0 saturated carbocycles. The summed E-state index contributed by atoms with van der Waals surface area (Å²) in [4.78, 5) is 0. The van der Waals surface area contributed by atoms with Crippen LogP contribution in [0.3, 0.4) is 0 Å². The highest BCUT2D eigenvalue weighted by Gasteiger charge is 2.11. The van der Waals surface area contributed by atoms with Gasteiger partial charge in [0.05, 0.1) is 0 Å². The van der Waals surface area contributed by atoms with Gasteiger partial charge in [0, 0.05) is 21.5 Å². The Kier molecular flexibility index (Phi) is 5.06. The van der Waals surface area contributed by atoms with E-state index in [-0.39, 0.29) is 0 Å². The summed E-state index contributed by atoms with van der Waals surface area (Å²) in [6, 6.07) is 34.4. The predicted molar refractivity (Wildman–Crippen MR) is 161 cm³/mol. The van der Waals surface area contributed by atoms with Crippen LogP contribution in [0.15, 0.2) is 106 Å². The number of rotatable bonds is 0. The molecular formula is C36H28O2. The molecule has 0 fully saturated rings. The van der Waals surface area contributed by atoms with E-state index in [1.807, 2.05) is 0 Å². The monoisotopic (exact) mass is 492 g/mol. The lowest BCUT2D eigenvalue weighted by Crippen LogP contribution is -1.77. The van der Waals surface area contributed by atoms with Crippen molar-refractivity contribution in [2.75, 3.05) is 0 Å². The molecule has 8 aromatic rings. The molecule has 0 bridgehead atoms. The standard InChI is InChI=1S/2C18H14O/c1-11-3-5-13-6-8-17-18(14(13)9-11)15-10-12(2)4-7-16(15)19-17;1-11-3-5-13-9-16-15-8-12(2)4-6-17(15)19-18(16)10-14(13)7-11/h2*3-10H,1-2H3. The Balaban J connectivity index is 0.000000127. The van der Waals surface area contributed by atoms with Crippen LogP contribution >= 0.6 is 0 Å². The van der Waals surface area contributed by atoms with Crippen LogP contribution in [-0.4, -0.2) is 0 Å². The van der Waals surface area contributed by atoms with Crippen LogP contribution in [0.25, 0.3) is 65.4 Å². The lowest BCUT2D eigenvalue weighted by molar-refractivity contribution is 0.669. The molecule has 2 nitrogen and oxygen atoms in total. The van der Waals surface area contributed by atoms with Gasteiger partial charge in [0.25, 0.3) is 0 Å². The fraction of sp³-hybridized carbons (Fsp3) is 0.111. The van der Waals surface area contributed by atoms with Crippen LogP contribution in [0.1, 0.15) is 22.3 Å². The minimum Gasteiger partial charge on any atom is -0.456 e. The first kappa shape index (κ1) is 22.6. The summed E-state index contributed by atoms with van der Waals surface area (Å²) < 4.78 is 11.9. The molecule has 0 spiro atoms. The smallest absolute Gasteiger partial charge is 0.136 e. The third-order valence-corrected chi connectivity index (χ3v) is 7.50. The Labute approximate surface area is 221 Å². The SMILES string of the molecule is Cc1ccc2cc3c(cc2c1)oc1ccc(C)cc13.Cc1ccc2ccc3oc4ccc(C)cc4c3c2c1. The van der Waals surface area contributed by atoms with Gasteiger partial charge in [-0.1, -0.05) is 76.9 Å². The third-order valence-electron chi connectivity index (χ3n) is 7.50. The van der Waals surface area contributed by atoms with Crippen molar-refractivity contribution in [1.29, 1.82) is 0 Å². The van der Waals surface area contributed by atoms with Crippen LogP contribution < -0.4 is 0 Å². The molecular weight excluding hydrogens is 464 g/mol. The Bertz CT molecular complexity index is 2160. The van der Waals surface area contributed by atoms with Crippen molar-refractivity contribution in [3.05, 3.63) is 119 Å². The summed E-state index contributed by atoms with van der Waals surface area (Å²) in [5.74, 6) is 0. The summed E-state index contributed by atoms with van der Waals surface area (Å²) >= 11 is 0. The van der Waals surface area contributed by atoms with Gasteiger partial charge in [-0.05, 0) is 91.7 Å². The average Bonchev–Trinajstić information content (AvgIpc) is 3.45. The van der Waals surface area contributed by atoms with E-state index < -0.39 is 0 Å². The van der Waals surface area contributed by atoms with Gasteiger partial charge >= 0.3 is 0 Å². The molecule has 8 rings (SSSR count). The van der Waals surface area contributed by atoms with Crippen LogP contribution in [0, 0.1) is 27.7 Å². The van der Waals surface area contributed by atoms with Gasteiger partial charge in [-0.15, -0.1) is 0 Å². The first-order chi connectivity index (χ1) is 18.4. The van der Waals surface area contributed by atoms with Gasteiger partial charge in [0.1, 0.15) is 22.3 Å². The van der Waals surface area contributed by atoms with E-state index in [1.165, 1.54) is 65.3 Å². The van der Waals surface area contributed by atoms with Crippen LogP contribution in [-0.2, 0) is 0 Å². The lowest BCUT2D eigenvalue weighted by atomic mass is 10.0. The minimum atomic E-state index is 0.965. The van der Waals surface area contributed by atoms with Gasteiger partial charge < -0.3 is 8.83 Å². The summed E-state index contributed by atoms with van der Waals surface area (Å²) in [7, 11) is 0. The third kappa shape index (κ3) is 3.72. The van der Waals surface area contributed by atoms with Crippen molar-refractivity contribution < 1.29 is 8.83 Å². The molecule has 0 N–H and O–H groups in total. The molecule has 2 heteroatoms. The number of hydrogen-bond donors (Lipinski definition) is 0. The molecule has 0 aliphatic carbocycles. The Morgan fingerprint density at radius 2 is 0.842 bits per heavy atom. The van der Waals surface area contributed by atoms with Gasteiger partial charge in [-0.2, -0.15) is 0 Å². The van der Waals surface area contributed by atoms with E-state index in [4.69, 9.17) is 8.83 Å². The Morgan fingerprint density at radius 1 is 0.342 bits per heavy atom. The Hall–Kier alpha value is -4.56. The van der Waals surface area contributed by atoms with Gasteiger partial charge in [-0.3, -0.25) is 0 Å². The van der Waals surface area contributed by atoms with E-state index in [0.29, 0.717) is 0 Å². The maximum Gasteiger partial charge on any atom is 0.136 e. The molecule has 38 heavy (non-hydrogen) atoms. The van der Waals surface area contributed by atoms with Crippen molar-refractivity contribution in [1.82, 2.24) is 0 Å². The van der Waals surface area contributed by atoms with E-state index in [9.17, 15) is 0 Å². The molecule has 0 radical (unpaired) electrons. The van der Waals surface area contributed by atoms with Crippen molar-refractivity contribution >= 4 is 65.4 Å². The molecule has 2 heterocycles. The van der Waals surface area contributed by atoms with Gasteiger partial charge in [0.2, 0.25) is 0 Å². The number of fused-ring (bicyclic) bond motifs is 9. The molecule has 0 atom stereocenters. The topological polar surface area (TPSA) is 26.3 Å². The second-order valence-electron chi connectivity index (χ2n) is 10.6. The highest BCUT2D eigenvalue weighted by molar-refractivity contribution is 6.19.